The van der Waals surface area contributed by atoms with Crippen molar-refractivity contribution in [3.8, 4) is 0 Å². The molecule has 0 radical (unpaired) electrons. The minimum Gasteiger partial charge on any atom is -0.479 e. The number of hydrogen-bond donors (Lipinski definition) is 2. The van der Waals surface area contributed by atoms with Crippen LogP contribution in [0.15, 0.2) is 30.3 Å². The highest BCUT2D eigenvalue weighted by atomic mass is 32.2. The van der Waals surface area contributed by atoms with Crippen molar-refractivity contribution in [2.75, 3.05) is 11.5 Å². The molecule has 1 aliphatic rings. The summed E-state index contributed by atoms with van der Waals surface area (Å²) in [5.41, 5.74) is -0.293. The minimum atomic E-state index is -1.15. The lowest BCUT2D eigenvalue weighted by atomic mass is 10.1. The van der Waals surface area contributed by atoms with Crippen molar-refractivity contribution in [1.29, 1.82) is 0 Å². The quantitative estimate of drug-likeness (QED) is 0.864. The van der Waals surface area contributed by atoms with Gasteiger partial charge in [-0.05, 0) is 5.56 Å². The molecule has 0 aromatic heterocycles. The topological polar surface area (TPSA) is 75.6 Å². The predicted molar refractivity (Wildman–Crippen MR) is 67.5 cm³/mol. The van der Waals surface area contributed by atoms with E-state index in [-0.39, 0.29) is 6.61 Å². The molecule has 1 fully saturated rings. The number of hydrogen-bond acceptors (Lipinski definition) is 4. The molecule has 1 heterocycles. The molecular formula is C12H13NO4S. The Hall–Kier alpha value is -1.69. The monoisotopic (exact) mass is 267 g/mol. The molecule has 0 bridgehead atoms. The maximum Gasteiger partial charge on any atom is 0.408 e. The average molecular weight is 267 g/mol. The van der Waals surface area contributed by atoms with Gasteiger partial charge in [0.25, 0.3) is 0 Å². The van der Waals surface area contributed by atoms with Gasteiger partial charge in [-0.2, -0.15) is 11.8 Å². The highest BCUT2D eigenvalue weighted by molar-refractivity contribution is 8.01. The second-order valence-electron chi connectivity index (χ2n) is 4.07. The molecular weight excluding hydrogens is 254 g/mol. The van der Waals surface area contributed by atoms with Gasteiger partial charge in [0.05, 0.1) is 0 Å². The second-order valence-corrected chi connectivity index (χ2v) is 5.05. The number of thioether (sulfide) groups is 1. The van der Waals surface area contributed by atoms with Crippen molar-refractivity contribution in [3.63, 3.8) is 0 Å². The molecule has 0 unspecified atom stereocenters. The van der Waals surface area contributed by atoms with Crippen molar-refractivity contribution in [2.24, 2.45) is 0 Å². The number of carbonyl (C=O) groups is 2. The van der Waals surface area contributed by atoms with Gasteiger partial charge in [0.2, 0.25) is 0 Å². The summed E-state index contributed by atoms with van der Waals surface area (Å²) < 4.78 is 4.99. The Kier molecular flexibility index (Phi) is 3.76. The SMILES string of the molecule is O=C(NC1(C(=O)O)CSC1)OCc1ccccc1. The van der Waals surface area contributed by atoms with Crippen LogP contribution in [0.2, 0.25) is 0 Å². The lowest BCUT2D eigenvalue weighted by Crippen LogP contribution is -2.63. The highest BCUT2D eigenvalue weighted by Crippen LogP contribution is 2.29. The normalized spacial score (nSPS) is 16.4. The first kappa shape index (κ1) is 12.8. The Labute approximate surface area is 109 Å². The average Bonchev–Trinajstić information content (AvgIpc) is 2.32. The Bertz CT molecular complexity index is 445. The fraction of sp³-hybridized carbons (Fsp3) is 0.333. The summed E-state index contributed by atoms with van der Waals surface area (Å²) in [6.07, 6.45) is -0.693. The minimum absolute atomic E-state index is 0.134. The number of rotatable bonds is 4. The predicted octanol–water partition coefficient (Wildman–Crippen LogP) is 1.48. The number of alkyl carbamates (subject to hydrolysis) is 1. The number of benzene rings is 1. The number of carbonyl (C=O) groups excluding carboxylic acids is 1. The van der Waals surface area contributed by atoms with E-state index < -0.39 is 17.6 Å². The lowest BCUT2D eigenvalue weighted by Gasteiger charge is -2.36. The molecule has 1 aromatic carbocycles. The van der Waals surface area contributed by atoms with Crippen LogP contribution in [0.1, 0.15) is 5.56 Å². The maximum atomic E-state index is 11.5. The van der Waals surface area contributed by atoms with Crippen molar-refractivity contribution >= 4 is 23.8 Å². The molecule has 0 saturated carbocycles. The van der Waals surface area contributed by atoms with Crippen molar-refractivity contribution in [1.82, 2.24) is 5.32 Å². The van der Waals surface area contributed by atoms with E-state index in [0.717, 1.165) is 5.56 Å². The van der Waals surface area contributed by atoms with Crippen LogP contribution in [0.25, 0.3) is 0 Å². The maximum absolute atomic E-state index is 11.5. The Morgan fingerprint density at radius 3 is 2.50 bits per heavy atom. The third-order valence-corrected chi connectivity index (χ3v) is 4.05. The van der Waals surface area contributed by atoms with Gasteiger partial charge in [-0.3, -0.25) is 0 Å². The number of nitrogens with one attached hydrogen (secondary N) is 1. The van der Waals surface area contributed by atoms with Crippen LogP contribution in [0.4, 0.5) is 4.79 Å². The highest BCUT2D eigenvalue weighted by Gasteiger charge is 2.47. The number of aliphatic carboxylic acids is 1. The summed E-state index contributed by atoms with van der Waals surface area (Å²) in [7, 11) is 0. The van der Waals surface area contributed by atoms with Gasteiger partial charge in [-0.15, -0.1) is 0 Å². The van der Waals surface area contributed by atoms with E-state index in [4.69, 9.17) is 9.84 Å². The fourth-order valence-electron chi connectivity index (χ4n) is 1.51. The molecule has 0 atom stereocenters. The van der Waals surface area contributed by atoms with Crippen LogP contribution in [0.5, 0.6) is 0 Å². The number of ether oxygens (including phenoxy) is 1. The van der Waals surface area contributed by atoms with Crippen LogP contribution < -0.4 is 5.32 Å². The zero-order valence-corrected chi connectivity index (χ0v) is 10.4. The van der Waals surface area contributed by atoms with Gasteiger partial charge < -0.3 is 15.2 Å². The van der Waals surface area contributed by atoms with Crippen LogP contribution in [-0.4, -0.2) is 34.2 Å². The first-order chi connectivity index (χ1) is 8.62. The van der Waals surface area contributed by atoms with Crippen LogP contribution >= 0.6 is 11.8 Å². The summed E-state index contributed by atoms with van der Waals surface area (Å²) in [5.74, 6) is -0.260. The number of carboxylic acid groups (broad SMARTS) is 1. The lowest BCUT2D eigenvalue weighted by molar-refractivity contribution is -0.143. The standard InChI is InChI=1S/C12H13NO4S/c14-10(15)12(7-18-8-12)13-11(16)17-6-9-4-2-1-3-5-9/h1-5H,6-8H2,(H,13,16)(H,14,15). The van der Waals surface area contributed by atoms with E-state index in [1.165, 1.54) is 11.8 Å². The molecule has 1 amide bonds. The van der Waals surface area contributed by atoms with Crippen LogP contribution in [-0.2, 0) is 16.1 Å². The van der Waals surface area contributed by atoms with E-state index >= 15 is 0 Å². The molecule has 2 rings (SSSR count). The Morgan fingerprint density at radius 1 is 1.33 bits per heavy atom. The molecule has 1 aromatic rings. The third kappa shape index (κ3) is 2.76. The number of amides is 1. The van der Waals surface area contributed by atoms with Gasteiger partial charge in [-0.25, -0.2) is 9.59 Å². The summed E-state index contributed by atoms with van der Waals surface area (Å²) >= 11 is 1.48. The van der Waals surface area contributed by atoms with E-state index in [1.807, 2.05) is 30.3 Å². The molecule has 0 spiro atoms. The molecule has 0 aliphatic carbocycles. The van der Waals surface area contributed by atoms with Crippen molar-refractivity contribution < 1.29 is 19.4 Å². The summed E-state index contributed by atoms with van der Waals surface area (Å²) in [6.45, 7) is 0.134. The van der Waals surface area contributed by atoms with Crippen molar-refractivity contribution in [3.05, 3.63) is 35.9 Å². The molecule has 2 N–H and O–H groups in total. The smallest absolute Gasteiger partial charge is 0.408 e. The zero-order valence-electron chi connectivity index (χ0n) is 9.59. The summed E-state index contributed by atoms with van der Waals surface area (Å²) in [5, 5.41) is 11.5. The van der Waals surface area contributed by atoms with Crippen LogP contribution in [0.3, 0.4) is 0 Å². The van der Waals surface area contributed by atoms with E-state index in [2.05, 4.69) is 5.32 Å². The van der Waals surface area contributed by atoms with Crippen molar-refractivity contribution in [2.45, 2.75) is 12.1 Å². The number of carboxylic acids is 1. The summed E-state index contributed by atoms with van der Waals surface area (Å²) in [6, 6.07) is 9.23. The fourth-order valence-corrected chi connectivity index (χ4v) is 2.51. The van der Waals surface area contributed by atoms with Gasteiger partial charge in [0.15, 0.2) is 5.54 Å². The summed E-state index contributed by atoms with van der Waals surface area (Å²) in [4.78, 5) is 22.6. The molecule has 5 nitrogen and oxygen atoms in total. The molecule has 1 saturated heterocycles. The third-order valence-electron chi connectivity index (χ3n) is 2.66. The van der Waals surface area contributed by atoms with Gasteiger partial charge in [-0.1, -0.05) is 30.3 Å². The largest absolute Gasteiger partial charge is 0.479 e. The van der Waals surface area contributed by atoms with E-state index in [0.29, 0.717) is 11.5 Å². The first-order valence-corrected chi connectivity index (χ1v) is 6.58. The van der Waals surface area contributed by atoms with E-state index in [9.17, 15) is 9.59 Å². The Morgan fingerprint density at radius 2 is 2.00 bits per heavy atom. The van der Waals surface area contributed by atoms with Gasteiger partial charge in [0.1, 0.15) is 6.61 Å². The first-order valence-electron chi connectivity index (χ1n) is 5.42. The Balaban J connectivity index is 1.84. The van der Waals surface area contributed by atoms with Crippen LogP contribution in [0, 0.1) is 0 Å². The van der Waals surface area contributed by atoms with Gasteiger partial charge >= 0.3 is 12.1 Å². The van der Waals surface area contributed by atoms with E-state index in [1.54, 1.807) is 0 Å². The second kappa shape index (κ2) is 5.30. The molecule has 6 heteroatoms. The molecule has 96 valence electrons. The van der Waals surface area contributed by atoms with Gasteiger partial charge in [0, 0.05) is 11.5 Å². The zero-order chi connectivity index (χ0) is 13.0. The molecule has 1 aliphatic heterocycles. The molecule has 18 heavy (non-hydrogen) atoms.